The molecule has 0 amide bonds. The van der Waals surface area contributed by atoms with E-state index in [4.69, 9.17) is 5.11 Å². The maximum absolute atomic E-state index is 10.9. The monoisotopic (exact) mass is 223 g/mol. The van der Waals surface area contributed by atoms with Gasteiger partial charge in [0.15, 0.2) is 0 Å². The van der Waals surface area contributed by atoms with Crippen molar-refractivity contribution in [1.82, 2.24) is 14.5 Å². The van der Waals surface area contributed by atoms with Gasteiger partial charge in [-0.05, 0) is 19.9 Å². The quantitative estimate of drug-likeness (QED) is 0.817. The third-order valence-corrected chi connectivity index (χ3v) is 3.43. The van der Waals surface area contributed by atoms with E-state index in [1.807, 2.05) is 24.9 Å². The SMILES string of the molecule is CN(Cc1nccn1C)C1CCC1C(=O)O. The minimum Gasteiger partial charge on any atom is -0.481 e. The van der Waals surface area contributed by atoms with E-state index in [9.17, 15) is 4.79 Å². The van der Waals surface area contributed by atoms with E-state index in [0.717, 1.165) is 18.7 Å². The molecule has 1 aliphatic carbocycles. The van der Waals surface area contributed by atoms with Crippen molar-refractivity contribution in [3.8, 4) is 0 Å². The summed E-state index contributed by atoms with van der Waals surface area (Å²) in [7, 11) is 3.92. The van der Waals surface area contributed by atoms with Crippen molar-refractivity contribution >= 4 is 5.97 Å². The Labute approximate surface area is 94.7 Å². The van der Waals surface area contributed by atoms with E-state index in [0.29, 0.717) is 6.54 Å². The lowest BCUT2D eigenvalue weighted by Crippen LogP contribution is -2.48. The first-order chi connectivity index (χ1) is 7.59. The van der Waals surface area contributed by atoms with E-state index in [2.05, 4.69) is 9.88 Å². The third kappa shape index (κ3) is 1.95. The second-order valence-corrected chi connectivity index (χ2v) is 4.46. The summed E-state index contributed by atoms with van der Waals surface area (Å²) < 4.78 is 1.96. The fourth-order valence-electron chi connectivity index (χ4n) is 2.19. The normalized spacial score (nSPS) is 24.4. The first-order valence-electron chi connectivity index (χ1n) is 5.49. The molecular weight excluding hydrogens is 206 g/mol. The Kier molecular flexibility index (Phi) is 2.96. The van der Waals surface area contributed by atoms with E-state index in [-0.39, 0.29) is 12.0 Å². The largest absolute Gasteiger partial charge is 0.481 e. The lowest BCUT2D eigenvalue weighted by atomic mass is 9.79. The molecule has 1 fully saturated rings. The first-order valence-corrected chi connectivity index (χ1v) is 5.49. The number of carbonyl (C=O) groups is 1. The van der Waals surface area contributed by atoms with Crippen molar-refractivity contribution in [3.05, 3.63) is 18.2 Å². The highest BCUT2D eigenvalue weighted by Gasteiger charge is 2.39. The van der Waals surface area contributed by atoms with Crippen LogP contribution >= 0.6 is 0 Å². The second-order valence-electron chi connectivity index (χ2n) is 4.46. The van der Waals surface area contributed by atoms with E-state index in [1.54, 1.807) is 6.20 Å². The van der Waals surface area contributed by atoms with Gasteiger partial charge in [-0.1, -0.05) is 0 Å². The van der Waals surface area contributed by atoms with Crippen molar-refractivity contribution in [2.45, 2.75) is 25.4 Å². The highest BCUT2D eigenvalue weighted by Crippen LogP contribution is 2.32. The van der Waals surface area contributed by atoms with Gasteiger partial charge >= 0.3 is 5.97 Å². The molecule has 0 saturated heterocycles. The first kappa shape index (κ1) is 11.1. The van der Waals surface area contributed by atoms with Crippen molar-refractivity contribution in [2.75, 3.05) is 7.05 Å². The van der Waals surface area contributed by atoms with E-state index in [1.165, 1.54) is 0 Å². The zero-order chi connectivity index (χ0) is 11.7. The molecule has 1 saturated carbocycles. The number of aryl methyl sites for hydroxylation is 1. The van der Waals surface area contributed by atoms with E-state index >= 15 is 0 Å². The highest BCUT2D eigenvalue weighted by molar-refractivity contribution is 5.72. The van der Waals surface area contributed by atoms with Gasteiger partial charge in [-0.3, -0.25) is 9.69 Å². The molecule has 0 spiro atoms. The molecule has 0 radical (unpaired) electrons. The molecule has 88 valence electrons. The number of aliphatic carboxylic acids is 1. The average Bonchev–Trinajstić information content (AvgIpc) is 2.48. The fraction of sp³-hybridized carbons (Fsp3) is 0.636. The van der Waals surface area contributed by atoms with E-state index < -0.39 is 5.97 Å². The van der Waals surface area contributed by atoms with Crippen LogP contribution in [0.2, 0.25) is 0 Å². The van der Waals surface area contributed by atoms with Gasteiger partial charge < -0.3 is 9.67 Å². The molecule has 5 heteroatoms. The Hall–Kier alpha value is -1.36. The minimum absolute atomic E-state index is 0.161. The van der Waals surface area contributed by atoms with Crippen molar-refractivity contribution in [1.29, 1.82) is 0 Å². The van der Waals surface area contributed by atoms with Crippen LogP contribution in [0.5, 0.6) is 0 Å². The number of hydrogen-bond donors (Lipinski definition) is 1. The molecule has 2 rings (SSSR count). The lowest BCUT2D eigenvalue weighted by Gasteiger charge is -2.40. The smallest absolute Gasteiger partial charge is 0.308 e. The molecule has 2 atom stereocenters. The van der Waals surface area contributed by atoms with Gasteiger partial charge in [-0.25, -0.2) is 4.98 Å². The van der Waals surface area contributed by atoms with Gasteiger partial charge in [0.2, 0.25) is 0 Å². The van der Waals surface area contributed by atoms with Gasteiger partial charge in [0.25, 0.3) is 0 Å². The predicted octanol–water partition coefficient (Wildman–Crippen LogP) is 0.715. The zero-order valence-electron chi connectivity index (χ0n) is 9.63. The van der Waals surface area contributed by atoms with Crippen LogP contribution in [0.3, 0.4) is 0 Å². The van der Waals surface area contributed by atoms with Crippen LogP contribution in [0.25, 0.3) is 0 Å². The Balaban J connectivity index is 1.96. The van der Waals surface area contributed by atoms with Crippen LogP contribution in [0.4, 0.5) is 0 Å². The summed E-state index contributed by atoms with van der Waals surface area (Å²) in [5, 5.41) is 8.99. The molecule has 1 N–H and O–H groups in total. The van der Waals surface area contributed by atoms with Crippen molar-refractivity contribution in [2.24, 2.45) is 13.0 Å². The molecule has 5 nitrogen and oxygen atoms in total. The number of imidazole rings is 1. The minimum atomic E-state index is -0.678. The van der Waals surface area contributed by atoms with Crippen LogP contribution in [0.1, 0.15) is 18.7 Å². The Bertz CT molecular complexity index is 388. The summed E-state index contributed by atoms with van der Waals surface area (Å²) in [6.45, 7) is 0.706. The molecule has 1 aromatic heterocycles. The van der Waals surface area contributed by atoms with Crippen LogP contribution in [-0.4, -0.2) is 38.6 Å². The summed E-state index contributed by atoms with van der Waals surface area (Å²) in [4.78, 5) is 17.2. The van der Waals surface area contributed by atoms with Gasteiger partial charge in [0.1, 0.15) is 5.82 Å². The highest BCUT2D eigenvalue weighted by atomic mass is 16.4. The molecule has 1 heterocycles. The number of hydrogen-bond acceptors (Lipinski definition) is 3. The predicted molar refractivity (Wildman–Crippen MR) is 58.8 cm³/mol. The molecular formula is C11H17N3O2. The average molecular weight is 223 g/mol. The molecule has 0 aliphatic heterocycles. The van der Waals surface area contributed by atoms with Crippen LogP contribution in [0, 0.1) is 5.92 Å². The molecule has 1 aliphatic rings. The van der Waals surface area contributed by atoms with Crippen molar-refractivity contribution in [3.63, 3.8) is 0 Å². The van der Waals surface area contributed by atoms with Crippen LogP contribution in [0.15, 0.2) is 12.4 Å². The number of rotatable bonds is 4. The fourth-order valence-corrected chi connectivity index (χ4v) is 2.19. The summed E-state index contributed by atoms with van der Waals surface area (Å²) in [6, 6.07) is 0.161. The summed E-state index contributed by atoms with van der Waals surface area (Å²) in [5.74, 6) is 0.0896. The molecule has 0 aromatic carbocycles. The summed E-state index contributed by atoms with van der Waals surface area (Å²) in [5.41, 5.74) is 0. The Morgan fingerprint density at radius 3 is 2.88 bits per heavy atom. The number of carboxylic acids is 1. The van der Waals surface area contributed by atoms with Crippen LogP contribution in [-0.2, 0) is 18.4 Å². The molecule has 1 aromatic rings. The molecule has 0 bridgehead atoms. The van der Waals surface area contributed by atoms with Gasteiger partial charge in [0.05, 0.1) is 12.5 Å². The Morgan fingerprint density at radius 1 is 1.69 bits per heavy atom. The topological polar surface area (TPSA) is 58.4 Å². The third-order valence-electron chi connectivity index (χ3n) is 3.43. The lowest BCUT2D eigenvalue weighted by molar-refractivity contribution is -0.148. The maximum Gasteiger partial charge on any atom is 0.308 e. The van der Waals surface area contributed by atoms with Gasteiger partial charge in [-0.2, -0.15) is 0 Å². The molecule has 16 heavy (non-hydrogen) atoms. The molecule has 2 unspecified atom stereocenters. The summed E-state index contributed by atoms with van der Waals surface area (Å²) >= 11 is 0. The van der Waals surface area contributed by atoms with Crippen molar-refractivity contribution < 1.29 is 9.90 Å². The van der Waals surface area contributed by atoms with Crippen LogP contribution < -0.4 is 0 Å². The Morgan fingerprint density at radius 2 is 2.44 bits per heavy atom. The number of carboxylic acid groups (broad SMARTS) is 1. The number of nitrogens with zero attached hydrogens (tertiary/aromatic N) is 3. The standard InChI is InChI=1S/C11H17N3O2/c1-13-6-5-12-10(13)7-14(2)9-4-3-8(9)11(15)16/h5-6,8-9H,3-4,7H2,1-2H3,(H,15,16). The van der Waals surface area contributed by atoms with Gasteiger partial charge in [-0.15, -0.1) is 0 Å². The second kappa shape index (κ2) is 4.25. The summed E-state index contributed by atoms with van der Waals surface area (Å²) in [6.07, 6.45) is 5.43. The zero-order valence-corrected chi connectivity index (χ0v) is 9.63. The van der Waals surface area contributed by atoms with Gasteiger partial charge in [0, 0.05) is 25.5 Å². The number of aromatic nitrogens is 2. The maximum atomic E-state index is 10.9.